The quantitative estimate of drug-likeness (QED) is 0.935. The van der Waals surface area contributed by atoms with Gasteiger partial charge in [-0.15, -0.1) is 0 Å². The van der Waals surface area contributed by atoms with Crippen molar-refractivity contribution in [3.8, 4) is 0 Å². The summed E-state index contributed by atoms with van der Waals surface area (Å²) < 4.78 is 7.47. The highest BCUT2D eigenvalue weighted by Gasteiger charge is 2.30. The number of aryl methyl sites for hydroxylation is 2. The zero-order chi connectivity index (χ0) is 15.0. The lowest BCUT2D eigenvalue weighted by Crippen LogP contribution is -2.49. The summed E-state index contributed by atoms with van der Waals surface area (Å²) in [6.45, 7) is 4.24. The molecule has 1 aromatic heterocycles. The minimum Gasteiger partial charge on any atom is -0.480 e. The van der Waals surface area contributed by atoms with Crippen molar-refractivity contribution < 1.29 is 14.6 Å². The minimum absolute atomic E-state index is 0.262. The van der Waals surface area contributed by atoms with Gasteiger partial charge in [0, 0.05) is 36.7 Å². The Kier molecular flexibility index (Phi) is 3.69. The van der Waals surface area contributed by atoms with Gasteiger partial charge >= 0.3 is 5.97 Å². The van der Waals surface area contributed by atoms with Gasteiger partial charge in [0.15, 0.2) is 0 Å². The number of hydrogen-bond acceptors (Lipinski definition) is 3. The van der Waals surface area contributed by atoms with Gasteiger partial charge in [-0.2, -0.15) is 0 Å². The normalized spacial score (nSPS) is 20.0. The molecule has 1 aromatic carbocycles. The number of morpholine rings is 1. The van der Waals surface area contributed by atoms with Crippen LogP contribution in [0.1, 0.15) is 11.3 Å². The van der Waals surface area contributed by atoms with Crippen molar-refractivity contribution in [2.75, 3.05) is 19.8 Å². The first-order chi connectivity index (χ1) is 10.1. The van der Waals surface area contributed by atoms with E-state index < -0.39 is 12.0 Å². The lowest BCUT2D eigenvalue weighted by molar-refractivity contribution is -0.150. The number of carboxylic acids is 1. The Morgan fingerprint density at radius 3 is 2.90 bits per heavy atom. The minimum atomic E-state index is -0.814. The summed E-state index contributed by atoms with van der Waals surface area (Å²) in [7, 11) is 2.04. The molecule has 0 saturated carbocycles. The number of hydrogen-bond donors (Lipinski definition) is 1. The predicted molar refractivity (Wildman–Crippen MR) is 80.3 cm³/mol. The van der Waals surface area contributed by atoms with Gasteiger partial charge in [-0.05, 0) is 18.6 Å². The van der Waals surface area contributed by atoms with Crippen molar-refractivity contribution in [1.82, 2.24) is 9.47 Å². The van der Waals surface area contributed by atoms with Crippen LogP contribution in [0.25, 0.3) is 10.9 Å². The number of carbonyl (C=O) groups is 1. The average molecular weight is 288 g/mol. The van der Waals surface area contributed by atoms with Crippen LogP contribution in [-0.4, -0.2) is 46.3 Å². The second-order valence-corrected chi connectivity index (χ2v) is 5.55. The van der Waals surface area contributed by atoms with E-state index in [1.807, 2.05) is 24.1 Å². The number of aromatic nitrogens is 1. The van der Waals surface area contributed by atoms with Gasteiger partial charge in [-0.3, -0.25) is 9.69 Å². The number of carboxylic acid groups (broad SMARTS) is 1. The highest BCUT2D eigenvalue weighted by molar-refractivity contribution is 5.85. The van der Waals surface area contributed by atoms with Gasteiger partial charge in [-0.25, -0.2) is 0 Å². The fraction of sp³-hybridized carbons (Fsp3) is 0.438. The van der Waals surface area contributed by atoms with E-state index in [9.17, 15) is 9.90 Å². The number of ether oxygens (including phenoxy) is 1. The molecule has 3 rings (SSSR count). The van der Waals surface area contributed by atoms with Crippen LogP contribution in [-0.2, 0) is 23.1 Å². The lowest BCUT2D eigenvalue weighted by Gasteiger charge is -2.33. The third kappa shape index (κ3) is 2.43. The maximum absolute atomic E-state index is 11.4. The van der Waals surface area contributed by atoms with Crippen LogP contribution in [0.5, 0.6) is 0 Å². The summed E-state index contributed by atoms with van der Waals surface area (Å²) in [5.41, 5.74) is 3.58. The molecule has 1 N–H and O–H groups in total. The van der Waals surface area contributed by atoms with Crippen LogP contribution in [0.3, 0.4) is 0 Å². The van der Waals surface area contributed by atoms with Crippen LogP contribution in [0.2, 0.25) is 0 Å². The van der Waals surface area contributed by atoms with Crippen molar-refractivity contribution >= 4 is 16.9 Å². The number of rotatable bonds is 3. The van der Waals surface area contributed by atoms with Gasteiger partial charge in [-0.1, -0.05) is 18.2 Å². The second-order valence-electron chi connectivity index (χ2n) is 5.55. The smallest absolute Gasteiger partial charge is 0.323 e. The molecule has 1 fully saturated rings. The van der Waals surface area contributed by atoms with Gasteiger partial charge in [0.2, 0.25) is 0 Å². The molecule has 2 heterocycles. The number of benzene rings is 1. The molecule has 112 valence electrons. The molecular weight excluding hydrogens is 268 g/mol. The van der Waals surface area contributed by atoms with E-state index in [-0.39, 0.29) is 6.61 Å². The third-order valence-electron chi connectivity index (χ3n) is 4.38. The SMILES string of the molecule is Cc1c(CN2CCOCC2C(=O)O)n(C)c2ccccc12. The molecule has 1 atom stereocenters. The Labute approximate surface area is 123 Å². The van der Waals surface area contributed by atoms with E-state index in [0.717, 1.165) is 0 Å². The van der Waals surface area contributed by atoms with E-state index in [0.29, 0.717) is 19.7 Å². The average Bonchev–Trinajstić information content (AvgIpc) is 2.73. The summed E-state index contributed by atoms with van der Waals surface area (Å²) >= 11 is 0. The topological polar surface area (TPSA) is 54.7 Å². The summed E-state index contributed by atoms with van der Waals surface area (Å²) in [6, 6.07) is 7.71. The van der Waals surface area contributed by atoms with E-state index in [2.05, 4.69) is 23.6 Å². The Bertz CT molecular complexity index is 638. The number of nitrogens with zero attached hydrogens (tertiary/aromatic N) is 2. The number of fused-ring (bicyclic) bond motifs is 1. The van der Waals surface area contributed by atoms with E-state index in [4.69, 9.17) is 4.74 Å². The molecule has 1 unspecified atom stereocenters. The molecule has 1 aliphatic rings. The molecule has 5 heteroatoms. The van der Waals surface area contributed by atoms with Crippen LogP contribution in [0, 0.1) is 6.92 Å². The fourth-order valence-corrected chi connectivity index (χ4v) is 3.11. The molecule has 0 aliphatic carbocycles. The van der Waals surface area contributed by atoms with Gasteiger partial charge in [0.05, 0.1) is 13.2 Å². The Balaban J connectivity index is 1.95. The molecule has 1 saturated heterocycles. The summed E-state index contributed by atoms with van der Waals surface area (Å²) in [5, 5.41) is 10.6. The molecule has 0 amide bonds. The predicted octanol–water partition coefficient (Wildman–Crippen LogP) is 1.77. The maximum Gasteiger partial charge on any atom is 0.323 e. The van der Waals surface area contributed by atoms with Crippen LogP contribution in [0.4, 0.5) is 0 Å². The van der Waals surface area contributed by atoms with Gasteiger partial charge in [0.25, 0.3) is 0 Å². The fourth-order valence-electron chi connectivity index (χ4n) is 3.11. The highest BCUT2D eigenvalue weighted by Crippen LogP contribution is 2.26. The Morgan fingerprint density at radius 1 is 1.43 bits per heavy atom. The van der Waals surface area contributed by atoms with Crippen LogP contribution < -0.4 is 0 Å². The molecular formula is C16H20N2O3. The zero-order valence-electron chi connectivity index (χ0n) is 12.4. The summed E-state index contributed by atoms with van der Waals surface area (Å²) in [5.74, 6) is -0.814. The molecule has 0 radical (unpaired) electrons. The van der Waals surface area contributed by atoms with Gasteiger partial charge in [0.1, 0.15) is 6.04 Å². The highest BCUT2D eigenvalue weighted by atomic mass is 16.5. The second kappa shape index (κ2) is 5.50. The van der Waals surface area contributed by atoms with Gasteiger partial charge < -0.3 is 14.4 Å². The third-order valence-corrected chi connectivity index (χ3v) is 4.38. The first kappa shape index (κ1) is 14.1. The standard InChI is InChI=1S/C16H20N2O3/c1-11-12-5-3-4-6-13(12)17(2)14(11)9-18-7-8-21-10-15(18)16(19)20/h3-6,15H,7-10H2,1-2H3,(H,19,20). The monoisotopic (exact) mass is 288 g/mol. The summed E-state index contributed by atoms with van der Waals surface area (Å²) in [6.07, 6.45) is 0. The first-order valence-corrected chi connectivity index (χ1v) is 7.17. The van der Waals surface area contributed by atoms with Crippen molar-refractivity contribution in [2.45, 2.75) is 19.5 Å². The molecule has 21 heavy (non-hydrogen) atoms. The first-order valence-electron chi connectivity index (χ1n) is 7.17. The number of para-hydroxylation sites is 1. The largest absolute Gasteiger partial charge is 0.480 e. The van der Waals surface area contributed by atoms with E-state index in [1.54, 1.807) is 0 Å². The molecule has 1 aliphatic heterocycles. The Morgan fingerprint density at radius 2 is 2.19 bits per heavy atom. The zero-order valence-corrected chi connectivity index (χ0v) is 12.4. The van der Waals surface area contributed by atoms with Crippen molar-refractivity contribution in [2.24, 2.45) is 7.05 Å². The molecule has 0 spiro atoms. The molecule has 0 bridgehead atoms. The van der Waals surface area contributed by atoms with Crippen LogP contribution >= 0.6 is 0 Å². The van der Waals surface area contributed by atoms with E-state index >= 15 is 0 Å². The van der Waals surface area contributed by atoms with E-state index in [1.165, 1.54) is 22.2 Å². The van der Waals surface area contributed by atoms with Crippen molar-refractivity contribution in [3.05, 3.63) is 35.5 Å². The molecule has 2 aromatic rings. The Hall–Kier alpha value is -1.85. The van der Waals surface area contributed by atoms with Crippen molar-refractivity contribution in [1.29, 1.82) is 0 Å². The molecule has 5 nitrogen and oxygen atoms in total. The summed E-state index contributed by atoms with van der Waals surface area (Å²) in [4.78, 5) is 13.4. The number of aliphatic carboxylic acids is 1. The maximum atomic E-state index is 11.4. The van der Waals surface area contributed by atoms with Crippen LogP contribution in [0.15, 0.2) is 24.3 Å². The lowest BCUT2D eigenvalue weighted by atomic mass is 10.1. The van der Waals surface area contributed by atoms with Crippen molar-refractivity contribution in [3.63, 3.8) is 0 Å².